The van der Waals surface area contributed by atoms with Gasteiger partial charge in [0.1, 0.15) is 0 Å². The van der Waals surface area contributed by atoms with Crippen LogP contribution >= 0.6 is 0 Å². The summed E-state index contributed by atoms with van der Waals surface area (Å²) < 4.78 is 0. The van der Waals surface area contributed by atoms with Gasteiger partial charge in [-0.15, -0.1) is 0 Å². The Kier molecular flexibility index (Phi) is 4.01. The number of fused-ring (bicyclic) bond motifs is 1. The summed E-state index contributed by atoms with van der Waals surface area (Å²) in [5, 5.41) is 3.36. The fourth-order valence-corrected chi connectivity index (χ4v) is 4.17. The number of rotatable bonds is 3. The fraction of sp³-hybridized carbons (Fsp3) is 0.474. The van der Waals surface area contributed by atoms with Crippen molar-refractivity contribution in [2.75, 3.05) is 10.2 Å². The van der Waals surface area contributed by atoms with Gasteiger partial charge < -0.3 is 15.2 Å². The monoisotopic (exact) mass is 353 g/mol. The lowest BCUT2D eigenvalue weighted by atomic mass is 9.80. The molecule has 1 aliphatic carbocycles. The molecule has 0 spiro atoms. The smallest absolute Gasteiger partial charge is 0.255 e. The van der Waals surface area contributed by atoms with Crippen molar-refractivity contribution in [1.29, 1.82) is 0 Å². The van der Waals surface area contributed by atoms with Crippen LogP contribution in [0.25, 0.3) is 0 Å². The number of carbonyl (C=O) groups excluding carboxylic acids is 1. The molecule has 3 atom stereocenters. The lowest BCUT2D eigenvalue weighted by molar-refractivity contribution is -0.117. The van der Waals surface area contributed by atoms with E-state index in [1.165, 1.54) is 0 Å². The van der Waals surface area contributed by atoms with Crippen molar-refractivity contribution in [2.24, 2.45) is 11.8 Å². The van der Waals surface area contributed by atoms with E-state index >= 15 is 0 Å². The molecule has 2 aliphatic rings. The topological polar surface area (TPSA) is 91.0 Å². The zero-order chi connectivity index (χ0) is 18.4. The second kappa shape index (κ2) is 6.23. The third-order valence-corrected chi connectivity index (χ3v) is 5.43. The Morgan fingerprint density at radius 1 is 1.35 bits per heavy atom. The van der Waals surface area contributed by atoms with E-state index in [9.17, 15) is 9.59 Å². The van der Waals surface area contributed by atoms with Crippen LogP contribution in [0, 0.1) is 18.8 Å². The van der Waals surface area contributed by atoms with Crippen LogP contribution in [0.15, 0.2) is 29.3 Å². The lowest BCUT2D eigenvalue weighted by Gasteiger charge is -2.45. The van der Waals surface area contributed by atoms with Crippen LogP contribution in [-0.4, -0.2) is 26.9 Å². The minimum Gasteiger partial charge on any atom is -0.347 e. The normalized spacial score (nSPS) is 24.9. The van der Waals surface area contributed by atoms with Crippen LogP contribution in [-0.2, 0) is 4.79 Å². The average Bonchev–Trinajstić information content (AvgIpc) is 3.41. The van der Waals surface area contributed by atoms with E-state index in [1.807, 2.05) is 24.0 Å². The van der Waals surface area contributed by atoms with E-state index in [2.05, 4.69) is 27.2 Å². The first-order valence-corrected chi connectivity index (χ1v) is 9.05. The molecule has 26 heavy (non-hydrogen) atoms. The van der Waals surface area contributed by atoms with Gasteiger partial charge in [0.05, 0.1) is 17.3 Å². The largest absolute Gasteiger partial charge is 0.347 e. The van der Waals surface area contributed by atoms with Gasteiger partial charge in [-0.05, 0) is 37.8 Å². The standard InChI is InChI=1S/C19H23N5O2/c1-10-6-8-21-19(22-10)23-16-11(2)17(13-4-5-13)24(12(3)25)14-7-9-20-18(26)15(14)16/h6-9,11,13,16-17H,4-5H2,1-3H3,(H,20,26)(H,21,22,23)/t11-,16?,17-/m1/s1. The molecular weight excluding hydrogens is 330 g/mol. The van der Waals surface area contributed by atoms with Crippen molar-refractivity contribution < 1.29 is 4.79 Å². The van der Waals surface area contributed by atoms with Crippen molar-refractivity contribution in [2.45, 2.75) is 45.7 Å². The quantitative estimate of drug-likeness (QED) is 0.884. The number of carbonyl (C=O) groups is 1. The molecule has 3 heterocycles. The molecule has 0 bridgehead atoms. The number of aromatic amines is 1. The predicted molar refractivity (Wildman–Crippen MR) is 99.0 cm³/mol. The summed E-state index contributed by atoms with van der Waals surface area (Å²) in [4.78, 5) is 38.4. The molecule has 7 heteroatoms. The van der Waals surface area contributed by atoms with Gasteiger partial charge in [0, 0.05) is 37.0 Å². The van der Waals surface area contributed by atoms with Crippen LogP contribution in [0.2, 0.25) is 0 Å². The second-order valence-electron chi connectivity index (χ2n) is 7.33. The van der Waals surface area contributed by atoms with E-state index in [4.69, 9.17) is 0 Å². The minimum atomic E-state index is -0.252. The van der Waals surface area contributed by atoms with Crippen molar-refractivity contribution >= 4 is 17.5 Å². The number of hydrogen-bond donors (Lipinski definition) is 2. The number of anilines is 2. The molecule has 7 nitrogen and oxygen atoms in total. The highest BCUT2D eigenvalue weighted by molar-refractivity contribution is 5.94. The van der Waals surface area contributed by atoms with Gasteiger partial charge in [-0.2, -0.15) is 0 Å². The van der Waals surface area contributed by atoms with Gasteiger partial charge in [0.15, 0.2) is 0 Å². The molecule has 0 aromatic carbocycles. The number of hydrogen-bond acceptors (Lipinski definition) is 5. The highest BCUT2D eigenvalue weighted by Crippen LogP contribution is 2.48. The molecule has 2 aromatic rings. The molecule has 1 fully saturated rings. The fourth-order valence-electron chi connectivity index (χ4n) is 4.17. The minimum absolute atomic E-state index is 0.0224. The lowest BCUT2D eigenvalue weighted by Crippen LogP contribution is -2.52. The molecule has 136 valence electrons. The number of H-pyrrole nitrogens is 1. The molecule has 1 unspecified atom stereocenters. The number of nitrogens with one attached hydrogen (secondary N) is 2. The Balaban J connectivity index is 1.83. The van der Waals surface area contributed by atoms with Gasteiger partial charge in [-0.25, -0.2) is 9.97 Å². The summed E-state index contributed by atoms with van der Waals surface area (Å²) >= 11 is 0. The first kappa shape index (κ1) is 16.8. The molecule has 1 saturated carbocycles. The van der Waals surface area contributed by atoms with Gasteiger partial charge in [-0.3, -0.25) is 9.59 Å². The molecule has 2 aromatic heterocycles. The number of amides is 1. The van der Waals surface area contributed by atoms with Gasteiger partial charge in [0.2, 0.25) is 11.9 Å². The van der Waals surface area contributed by atoms with E-state index in [1.54, 1.807) is 19.3 Å². The summed E-state index contributed by atoms with van der Waals surface area (Å²) in [6.45, 7) is 5.58. The van der Waals surface area contributed by atoms with Crippen molar-refractivity contribution in [3.8, 4) is 0 Å². The maximum Gasteiger partial charge on any atom is 0.255 e. The van der Waals surface area contributed by atoms with Crippen molar-refractivity contribution in [3.63, 3.8) is 0 Å². The zero-order valence-electron chi connectivity index (χ0n) is 15.2. The third kappa shape index (κ3) is 2.77. The summed E-state index contributed by atoms with van der Waals surface area (Å²) in [7, 11) is 0. The third-order valence-electron chi connectivity index (χ3n) is 5.43. The summed E-state index contributed by atoms with van der Waals surface area (Å²) in [6, 6.07) is 3.48. The van der Waals surface area contributed by atoms with E-state index in [0.717, 1.165) is 18.5 Å². The van der Waals surface area contributed by atoms with E-state index in [-0.39, 0.29) is 29.5 Å². The molecule has 1 amide bonds. The SMILES string of the molecule is CC(=O)N1c2cc[nH]c(=O)c2C(Nc2nccc(C)n2)[C@@H](C)[C@@H]1C1CC1. The Hall–Kier alpha value is -2.70. The Morgan fingerprint density at radius 3 is 2.77 bits per heavy atom. The van der Waals surface area contributed by atoms with Crippen LogP contribution < -0.4 is 15.8 Å². The number of nitrogens with zero attached hydrogens (tertiary/aromatic N) is 3. The highest BCUT2D eigenvalue weighted by atomic mass is 16.2. The average molecular weight is 353 g/mol. The Morgan fingerprint density at radius 2 is 2.12 bits per heavy atom. The molecule has 2 N–H and O–H groups in total. The van der Waals surface area contributed by atoms with Crippen LogP contribution in [0.5, 0.6) is 0 Å². The summed E-state index contributed by atoms with van der Waals surface area (Å²) in [5.41, 5.74) is 1.95. The number of aryl methyl sites for hydroxylation is 1. The predicted octanol–water partition coefficient (Wildman–Crippen LogP) is 2.41. The summed E-state index contributed by atoms with van der Waals surface area (Å²) in [5.74, 6) is 1.02. The molecule has 0 radical (unpaired) electrons. The zero-order valence-corrected chi connectivity index (χ0v) is 15.2. The van der Waals surface area contributed by atoms with E-state index < -0.39 is 0 Å². The van der Waals surface area contributed by atoms with Crippen LogP contribution in [0.4, 0.5) is 11.6 Å². The molecule has 0 saturated heterocycles. The first-order chi connectivity index (χ1) is 12.5. The maximum absolute atomic E-state index is 12.7. The highest BCUT2D eigenvalue weighted by Gasteiger charge is 2.48. The van der Waals surface area contributed by atoms with Crippen LogP contribution in [0.1, 0.15) is 44.0 Å². The summed E-state index contributed by atoms with van der Waals surface area (Å²) in [6.07, 6.45) is 5.54. The molecule has 4 rings (SSSR count). The molecule has 1 aliphatic heterocycles. The second-order valence-corrected chi connectivity index (χ2v) is 7.33. The van der Waals surface area contributed by atoms with Gasteiger partial charge >= 0.3 is 0 Å². The van der Waals surface area contributed by atoms with Crippen molar-refractivity contribution in [3.05, 3.63) is 46.1 Å². The Labute approximate surface area is 151 Å². The van der Waals surface area contributed by atoms with E-state index in [0.29, 0.717) is 23.1 Å². The maximum atomic E-state index is 12.7. The Bertz CT molecular complexity index is 905. The number of pyridine rings is 1. The first-order valence-electron chi connectivity index (χ1n) is 9.05. The van der Waals surface area contributed by atoms with Crippen molar-refractivity contribution in [1.82, 2.24) is 15.0 Å². The number of aromatic nitrogens is 3. The van der Waals surface area contributed by atoms with Gasteiger partial charge in [-0.1, -0.05) is 6.92 Å². The van der Waals surface area contributed by atoms with Crippen LogP contribution in [0.3, 0.4) is 0 Å². The van der Waals surface area contributed by atoms with Gasteiger partial charge in [0.25, 0.3) is 5.56 Å². The molecular formula is C19H23N5O2.